The van der Waals surface area contributed by atoms with Gasteiger partial charge in [0.15, 0.2) is 5.82 Å². The van der Waals surface area contributed by atoms with Crippen LogP contribution in [0.3, 0.4) is 0 Å². The maximum absolute atomic E-state index is 9.05. The van der Waals surface area contributed by atoms with Crippen molar-refractivity contribution in [3.8, 4) is 17.1 Å². The van der Waals surface area contributed by atoms with Crippen LogP contribution >= 0.6 is 12.2 Å². The molecule has 146 valence electrons. The second kappa shape index (κ2) is 9.29. The highest BCUT2D eigenvalue weighted by atomic mass is 32.1. The number of anilines is 1. The maximum atomic E-state index is 9.05. The van der Waals surface area contributed by atoms with E-state index in [0.717, 1.165) is 22.6 Å². The largest absolute Gasteiger partial charge is 0.493 e. The van der Waals surface area contributed by atoms with E-state index >= 15 is 0 Å². The summed E-state index contributed by atoms with van der Waals surface area (Å²) in [5, 5.41) is 20.7. The first-order valence-corrected chi connectivity index (χ1v) is 9.41. The molecule has 0 saturated heterocycles. The van der Waals surface area contributed by atoms with Gasteiger partial charge >= 0.3 is 0 Å². The molecule has 0 aliphatic heterocycles. The monoisotopic (exact) mass is 397 g/mol. The SMILES string of the molecule is CCOc1ccccc1-c1n[nH]c(=S)n1/N=C\c1ccc(N(C)CCO)cc1. The Morgan fingerprint density at radius 2 is 2.00 bits per heavy atom. The van der Waals surface area contributed by atoms with Crippen LogP contribution in [0.4, 0.5) is 5.69 Å². The summed E-state index contributed by atoms with van der Waals surface area (Å²) in [7, 11) is 1.94. The smallest absolute Gasteiger partial charge is 0.216 e. The van der Waals surface area contributed by atoms with E-state index < -0.39 is 0 Å². The van der Waals surface area contributed by atoms with E-state index in [-0.39, 0.29) is 6.61 Å². The Balaban J connectivity index is 1.88. The van der Waals surface area contributed by atoms with E-state index in [1.807, 2.05) is 67.4 Å². The number of benzene rings is 2. The van der Waals surface area contributed by atoms with E-state index in [9.17, 15) is 0 Å². The van der Waals surface area contributed by atoms with Crippen molar-refractivity contribution in [2.45, 2.75) is 6.92 Å². The van der Waals surface area contributed by atoms with Crippen LogP contribution in [0.2, 0.25) is 0 Å². The number of para-hydroxylation sites is 1. The van der Waals surface area contributed by atoms with Crippen LogP contribution in [0.1, 0.15) is 12.5 Å². The third-order valence-corrected chi connectivity index (χ3v) is 4.43. The van der Waals surface area contributed by atoms with Crippen molar-refractivity contribution in [1.29, 1.82) is 0 Å². The maximum Gasteiger partial charge on any atom is 0.216 e. The summed E-state index contributed by atoms with van der Waals surface area (Å²) < 4.78 is 7.68. The molecule has 0 atom stereocenters. The van der Waals surface area contributed by atoms with Crippen molar-refractivity contribution in [2.24, 2.45) is 5.10 Å². The van der Waals surface area contributed by atoms with E-state index in [4.69, 9.17) is 22.1 Å². The van der Waals surface area contributed by atoms with Gasteiger partial charge in [-0.05, 0) is 49.0 Å². The molecule has 0 spiro atoms. The van der Waals surface area contributed by atoms with Gasteiger partial charge in [-0.15, -0.1) is 0 Å². The standard InChI is InChI=1S/C20H23N5O2S/c1-3-27-18-7-5-4-6-17(18)19-22-23-20(28)25(19)21-14-15-8-10-16(11-9-15)24(2)12-13-26/h4-11,14,26H,3,12-13H2,1-2H3,(H,23,28)/b21-14-. The zero-order chi connectivity index (χ0) is 19.9. The van der Waals surface area contributed by atoms with Gasteiger partial charge in [-0.1, -0.05) is 24.3 Å². The summed E-state index contributed by atoms with van der Waals surface area (Å²) in [6.07, 6.45) is 1.73. The van der Waals surface area contributed by atoms with Gasteiger partial charge < -0.3 is 14.7 Å². The average molecular weight is 398 g/mol. The van der Waals surface area contributed by atoms with Crippen molar-refractivity contribution in [1.82, 2.24) is 14.9 Å². The number of H-pyrrole nitrogens is 1. The molecule has 0 radical (unpaired) electrons. The molecule has 3 aromatic rings. The topological polar surface area (TPSA) is 78.7 Å². The third-order valence-electron chi connectivity index (χ3n) is 4.17. The van der Waals surface area contributed by atoms with Gasteiger partial charge in [0.2, 0.25) is 4.77 Å². The molecule has 3 rings (SSSR count). The van der Waals surface area contributed by atoms with E-state index in [1.54, 1.807) is 10.9 Å². The zero-order valence-corrected chi connectivity index (χ0v) is 16.7. The Morgan fingerprint density at radius 3 is 2.71 bits per heavy atom. The number of aromatic nitrogens is 3. The molecule has 28 heavy (non-hydrogen) atoms. The Bertz CT molecular complexity index is 994. The highest BCUT2D eigenvalue weighted by molar-refractivity contribution is 7.71. The summed E-state index contributed by atoms with van der Waals surface area (Å²) >= 11 is 5.34. The van der Waals surface area contributed by atoms with Crippen molar-refractivity contribution in [3.05, 3.63) is 58.9 Å². The molecule has 0 aliphatic carbocycles. The van der Waals surface area contributed by atoms with Crippen LogP contribution < -0.4 is 9.64 Å². The lowest BCUT2D eigenvalue weighted by atomic mass is 10.2. The van der Waals surface area contributed by atoms with Gasteiger partial charge in [-0.25, -0.2) is 5.10 Å². The quantitative estimate of drug-likeness (QED) is 0.450. The molecule has 2 N–H and O–H groups in total. The van der Waals surface area contributed by atoms with Gasteiger partial charge in [0.1, 0.15) is 5.75 Å². The number of aliphatic hydroxyl groups is 1. The van der Waals surface area contributed by atoms with E-state index in [2.05, 4.69) is 15.3 Å². The second-order valence-electron chi connectivity index (χ2n) is 6.07. The number of likely N-dealkylation sites (N-methyl/N-ethyl adjacent to an activating group) is 1. The molecular weight excluding hydrogens is 374 g/mol. The van der Waals surface area contributed by atoms with Crippen LogP contribution in [0.25, 0.3) is 11.4 Å². The van der Waals surface area contributed by atoms with Crippen LogP contribution in [0.5, 0.6) is 5.75 Å². The fourth-order valence-corrected chi connectivity index (χ4v) is 2.90. The first-order chi connectivity index (χ1) is 13.6. The molecule has 0 aliphatic rings. The lowest BCUT2D eigenvalue weighted by Crippen LogP contribution is -2.20. The molecule has 0 unspecified atom stereocenters. The molecule has 1 aromatic heterocycles. The number of aliphatic hydroxyl groups excluding tert-OH is 1. The fraction of sp³-hybridized carbons (Fsp3) is 0.250. The Kier molecular flexibility index (Phi) is 6.57. The molecule has 1 heterocycles. The van der Waals surface area contributed by atoms with Gasteiger partial charge in [-0.2, -0.15) is 14.9 Å². The van der Waals surface area contributed by atoms with Gasteiger partial charge in [0.05, 0.1) is 25.0 Å². The third kappa shape index (κ3) is 4.47. The minimum Gasteiger partial charge on any atom is -0.493 e. The molecule has 8 heteroatoms. The van der Waals surface area contributed by atoms with Gasteiger partial charge in [-0.3, -0.25) is 0 Å². The first-order valence-electron chi connectivity index (χ1n) is 9.00. The van der Waals surface area contributed by atoms with Gasteiger partial charge in [0, 0.05) is 19.3 Å². The Labute approximate surface area is 168 Å². The minimum absolute atomic E-state index is 0.116. The summed E-state index contributed by atoms with van der Waals surface area (Å²) in [5.41, 5.74) is 2.76. The van der Waals surface area contributed by atoms with Crippen LogP contribution in [-0.2, 0) is 0 Å². The number of aromatic amines is 1. The van der Waals surface area contributed by atoms with Crippen molar-refractivity contribution in [2.75, 3.05) is 31.7 Å². The molecule has 0 saturated carbocycles. The predicted octanol–water partition coefficient (Wildman–Crippen LogP) is 3.32. The number of nitrogens with one attached hydrogen (secondary N) is 1. The molecule has 0 bridgehead atoms. The molecule has 0 amide bonds. The van der Waals surface area contributed by atoms with Crippen LogP contribution in [0, 0.1) is 4.77 Å². The average Bonchev–Trinajstić information content (AvgIpc) is 3.08. The number of rotatable bonds is 8. The summed E-state index contributed by atoms with van der Waals surface area (Å²) in [6, 6.07) is 15.5. The van der Waals surface area contributed by atoms with Crippen LogP contribution in [-0.4, -0.2) is 53.0 Å². The summed E-state index contributed by atoms with van der Waals surface area (Å²) in [5.74, 6) is 1.32. The molecule has 7 nitrogen and oxygen atoms in total. The first kappa shape index (κ1) is 19.8. The predicted molar refractivity (Wildman–Crippen MR) is 114 cm³/mol. The second-order valence-corrected chi connectivity index (χ2v) is 6.46. The van der Waals surface area contributed by atoms with Crippen molar-refractivity contribution < 1.29 is 9.84 Å². The normalized spacial score (nSPS) is 11.1. The minimum atomic E-state index is 0.116. The van der Waals surface area contributed by atoms with Crippen molar-refractivity contribution in [3.63, 3.8) is 0 Å². The molecular formula is C20H23N5O2S. The highest BCUT2D eigenvalue weighted by Gasteiger charge is 2.13. The lowest BCUT2D eigenvalue weighted by molar-refractivity contribution is 0.304. The van der Waals surface area contributed by atoms with E-state index in [1.165, 1.54) is 0 Å². The van der Waals surface area contributed by atoms with Crippen LogP contribution in [0.15, 0.2) is 53.6 Å². The molecule has 0 fully saturated rings. The van der Waals surface area contributed by atoms with Gasteiger partial charge in [0.25, 0.3) is 0 Å². The fourth-order valence-electron chi connectivity index (χ4n) is 2.72. The molecule has 2 aromatic carbocycles. The Hall–Kier alpha value is -2.97. The number of hydrogen-bond acceptors (Lipinski definition) is 6. The number of ether oxygens (including phenoxy) is 1. The lowest BCUT2D eigenvalue weighted by Gasteiger charge is -2.17. The van der Waals surface area contributed by atoms with Crippen molar-refractivity contribution >= 4 is 24.1 Å². The zero-order valence-electron chi connectivity index (χ0n) is 15.9. The Morgan fingerprint density at radius 1 is 1.25 bits per heavy atom. The summed E-state index contributed by atoms with van der Waals surface area (Å²) in [6.45, 7) is 3.20. The number of nitrogens with zero attached hydrogens (tertiary/aromatic N) is 4. The summed E-state index contributed by atoms with van der Waals surface area (Å²) in [4.78, 5) is 1.98. The van der Waals surface area contributed by atoms with E-state index in [0.29, 0.717) is 23.7 Å². The number of hydrogen-bond donors (Lipinski definition) is 2. The highest BCUT2D eigenvalue weighted by Crippen LogP contribution is 2.28.